The number of carbonyl (C=O) groups excluding carboxylic acids is 6. The van der Waals surface area contributed by atoms with Gasteiger partial charge in [-0.2, -0.15) is 0 Å². The number of carbonyl (C=O) groups is 6. The largest absolute Gasteiger partial charge is 0.490 e. The lowest BCUT2D eigenvalue weighted by Crippen LogP contribution is -2.54. The highest BCUT2D eigenvalue weighted by Crippen LogP contribution is 2.34. The molecule has 20 heteroatoms. The number of hydrogen-bond donors (Lipinski definition) is 5. The average molecular weight is 886 g/mol. The smallest absolute Gasteiger partial charge is 0.266 e. The maximum absolute atomic E-state index is 13.5. The van der Waals surface area contributed by atoms with Crippen LogP contribution >= 0.6 is 11.8 Å². The first kappa shape index (κ1) is 46.1. The number of benzene rings is 2. The quantitative estimate of drug-likeness (QED) is 0.0772. The van der Waals surface area contributed by atoms with Crippen LogP contribution < -0.4 is 31.3 Å². The molecular weight excluding hydrogens is 831 g/mol. The van der Waals surface area contributed by atoms with Crippen LogP contribution in [0.15, 0.2) is 48.5 Å². The normalized spacial score (nSPS) is 22.3. The van der Waals surface area contributed by atoms with Gasteiger partial charge in [0.2, 0.25) is 33.7 Å². The Hall–Kier alpha value is -4.44. The van der Waals surface area contributed by atoms with Crippen molar-refractivity contribution in [3.63, 3.8) is 0 Å². The summed E-state index contributed by atoms with van der Waals surface area (Å²) < 4.78 is 42.4. The molecule has 61 heavy (non-hydrogen) atoms. The fraction of sp³-hybridized carbons (Fsp3) is 0.561. The number of ether oxygens (including phenoxy) is 3. The van der Waals surface area contributed by atoms with Gasteiger partial charge in [0, 0.05) is 50.8 Å². The molecule has 0 aliphatic carbocycles. The van der Waals surface area contributed by atoms with E-state index in [2.05, 4.69) is 38.7 Å². The number of imide groups is 2. The second kappa shape index (κ2) is 22.1. The van der Waals surface area contributed by atoms with E-state index in [0.29, 0.717) is 45.4 Å². The Bertz CT molecular complexity index is 2010. The van der Waals surface area contributed by atoms with E-state index < -0.39 is 45.7 Å². The van der Waals surface area contributed by atoms with Crippen molar-refractivity contribution in [1.29, 1.82) is 0 Å². The molecule has 6 rings (SSSR count). The van der Waals surface area contributed by atoms with Gasteiger partial charge in [0.1, 0.15) is 23.9 Å². The molecule has 4 aliphatic heterocycles. The number of amides is 6. The zero-order valence-electron chi connectivity index (χ0n) is 34.2. The second-order valence-corrected chi connectivity index (χ2v) is 18.5. The number of fused-ring (bicyclic) bond motifs is 1. The minimum absolute atomic E-state index is 0.0282. The first-order chi connectivity index (χ1) is 29.4. The number of nitrogens with one attached hydrogen (secondary N) is 5. The second-order valence-electron chi connectivity index (χ2n) is 15.4. The van der Waals surface area contributed by atoms with Gasteiger partial charge in [-0.05, 0) is 55.7 Å². The van der Waals surface area contributed by atoms with Crippen LogP contribution in [0.2, 0.25) is 0 Å². The highest BCUT2D eigenvalue weighted by Gasteiger charge is 2.46. The number of hydrogen-bond acceptors (Lipinski definition) is 14. The third-order valence-electron chi connectivity index (χ3n) is 10.9. The predicted molar refractivity (Wildman–Crippen MR) is 225 cm³/mol. The number of nitrogens with zero attached hydrogens (tertiary/aromatic N) is 2. The van der Waals surface area contributed by atoms with Gasteiger partial charge in [0.05, 0.1) is 49.9 Å². The third kappa shape index (κ3) is 12.8. The number of thioether (sulfide) groups is 1. The summed E-state index contributed by atoms with van der Waals surface area (Å²) in [4.78, 5) is 76.9. The van der Waals surface area contributed by atoms with E-state index in [9.17, 15) is 37.2 Å². The predicted octanol–water partition coefficient (Wildman–Crippen LogP) is 0.894. The van der Waals surface area contributed by atoms with Gasteiger partial charge in [-0.25, -0.2) is 12.7 Å². The first-order valence-electron chi connectivity index (χ1n) is 20.7. The van der Waals surface area contributed by atoms with Crippen molar-refractivity contribution < 1.29 is 51.4 Å². The summed E-state index contributed by atoms with van der Waals surface area (Å²) in [6.07, 6.45) is 4.10. The number of rotatable bonds is 23. The van der Waals surface area contributed by atoms with Gasteiger partial charge in [0.25, 0.3) is 11.8 Å². The molecule has 18 nitrogen and oxygen atoms in total. The Morgan fingerprint density at radius 1 is 0.934 bits per heavy atom. The van der Waals surface area contributed by atoms with E-state index in [1.165, 1.54) is 16.6 Å². The Kier molecular flexibility index (Phi) is 16.7. The lowest BCUT2D eigenvalue weighted by atomic mass is 10.0. The Labute approximate surface area is 360 Å². The Morgan fingerprint density at radius 3 is 2.46 bits per heavy atom. The van der Waals surface area contributed by atoms with Crippen molar-refractivity contribution in [2.24, 2.45) is 5.92 Å². The summed E-state index contributed by atoms with van der Waals surface area (Å²) in [6.45, 7) is 2.80. The van der Waals surface area contributed by atoms with Crippen molar-refractivity contribution in [1.82, 2.24) is 35.8 Å². The van der Waals surface area contributed by atoms with Crippen LogP contribution in [0.3, 0.4) is 0 Å². The fourth-order valence-corrected chi connectivity index (χ4v) is 9.71. The Morgan fingerprint density at radius 2 is 1.70 bits per heavy atom. The van der Waals surface area contributed by atoms with Gasteiger partial charge in [0.15, 0.2) is 0 Å². The maximum atomic E-state index is 13.5. The maximum Gasteiger partial charge on any atom is 0.266 e. The molecular formula is C41H55N7O11S2. The molecule has 3 fully saturated rings. The molecule has 332 valence electrons. The molecule has 0 spiro atoms. The molecule has 6 amide bonds. The molecule has 2 aromatic carbocycles. The molecule has 3 saturated heterocycles. The zero-order valence-corrected chi connectivity index (χ0v) is 35.9. The van der Waals surface area contributed by atoms with Crippen molar-refractivity contribution in [2.75, 3.05) is 71.2 Å². The number of piperidine rings is 1. The van der Waals surface area contributed by atoms with Crippen LogP contribution in [0.4, 0.5) is 0 Å². The SMILES string of the molecule is CS(=O)(=O)N1CCC(CN[C@@H](CCCCNC(=O)CCOCCOCCOc2cccc3c2C(=O)N(C2CCC(=O)NC2=O)C3=O)C(=O)NC2NC(c3ccccc3)CS2)C1. The molecule has 4 unspecified atom stereocenters. The number of unbranched alkanes of at least 4 members (excludes halogenated alkanes) is 1. The van der Waals surface area contributed by atoms with Crippen LogP contribution in [-0.4, -0.2) is 142 Å². The molecule has 0 radical (unpaired) electrons. The van der Waals surface area contributed by atoms with Crippen molar-refractivity contribution in [3.05, 3.63) is 65.2 Å². The fourth-order valence-electron chi connectivity index (χ4n) is 7.65. The minimum Gasteiger partial charge on any atom is -0.490 e. The van der Waals surface area contributed by atoms with E-state index in [0.717, 1.165) is 22.6 Å². The van der Waals surface area contributed by atoms with Crippen LogP contribution in [0.5, 0.6) is 5.75 Å². The summed E-state index contributed by atoms with van der Waals surface area (Å²) in [7, 11) is -3.26. The molecule has 5 atom stereocenters. The van der Waals surface area contributed by atoms with Crippen LogP contribution in [0, 0.1) is 5.92 Å². The van der Waals surface area contributed by atoms with Gasteiger partial charge < -0.3 is 30.2 Å². The summed E-state index contributed by atoms with van der Waals surface area (Å²) in [6, 6.07) is 13.3. The summed E-state index contributed by atoms with van der Waals surface area (Å²) in [5, 5.41) is 15.1. The van der Waals surface area contributed by atoms with E-state index in [1.54, 1.807) is 23.9 Å². The van der Waals surface area contributed by atoms with Crippen molar-refractivity contribution >= 4 is 57.2 Å². The summed E-state index contributed by atoms with van der Waals surface area (Å²) in [5.74, 6) is -1.55. The molecule has 0 saturated carbocycles. The highest BCUT2D eigenvalue weighted by atomic mass is 32.2. The zero-order chi connectivity index (χ0) is 43.4. The van der Waals surface area contributed by atoms with Crippen molar-refractivity contribution in [3.8, 4) is 5.75 Å². The molecule has 0 aromatic heterocycles. The van der Waals surface area contributed by atoms with Gasteiger partial charge in [-0.3, -0.25) is 44.3 Å². The molecule has 4 aliphatic rings. The van der Waals surface area contributed by atoms with Crippen LogP contribution in [0.25, 0.3) is 0 Å². The first-order valence-corrected chi connectivity index (χ1v) is 23.6. The van der Waals surface area contributed by atoms with Crippen LogP contribution in [-0.2, 0) is 38.7 Å². The van der Waals surface area contributed by atoms with Gasteiger partial charge in [-0.1, -0.05) is 36.4 Å². The van der Waals surface area contributed by atoms with E-state index in [4.69, 9.17) is 14.2 Å². The van der Waals surface area contributed by atoms with Gasteiger partial charge in [-0.15, -0.1) is 11.8 Å². The van der Waals surface area contributed by atoms with Gasteiger partial charge >= 0.3 is 0 Å². The molecule has 5 N–H and O–H groups in total. The monoisotopic (exact) mass is 885 g/mol. The average Bonchev–Trinajstić information content (AvgIpc) is 3.98. The van der Waals surface area contributed by atoms with E-state index in [-0.39, 0.29) is 98.4 Å². The molecule has 2 aromatic rings. The summed E-state index contributed by atoms with van der Waals surface area (Å²) in [5.41, 5.74) is 1.13. The standard InChI is InChI=1S/C41H55N7O11S2/c1-61(55,56)47-18-15-27(25-47)24-43-30(37(51)46-41-44-31(26-60-41)28-8-3-2-4-9-28)11-5-6-17-42-34(49)16-19-57-20-21-58-22-23-59-33-12-7-10-29-36(33)40(54)48(39(29)53)32-13-14-35(50)45-38(32)52/h2-4,7-10,12,27,30-32,41,43-44H,5-6,11,13-26H2,1H3,(H,42,49)(H,46,51)(H,45,50,52)/t27?,30-,31?,32?,41?/m0/s1. The topological polar surface area (TPSA) is 231 Å². The lowest BCUT2D eigenvalue weighted by molar-refractivity contribution is -0.136. The minimum atomic E-state index is -3.26. The number of sulfonamides is 1. The highest BCUT2D eigenvalue weighted by molar-refractivity contribution is 8.00. The van der Waals surface area contributed by atoms with E-state index in [1.807, 2.05) is 18.2 Å². The summed E-state index contributed by atoms with van der Waals surface area (Å²) >= 11 is 1.64. The van der Waals surface area contributed by atoms with Crippen molar-refractivity contribution in [2.45, 2.75) is 68.6 Å². The third-order valence-corrected chi connectivity index (χ3v) is 13.3. The lowest BCUT2D eigenvalue weighted by Gasteiger charge is -2.27. The van der Waals surface area contributed by atoms with Crippen LogP contribution in [0.1, 0.15) is 77.3 Å². The molecule has 4 heterocycles. The van der Waals surface area contributed by atoms with E-state index >= 15 is 0 Å². The molecule has 0 bridgehead atoms. The Balaban J connectivity index is 0.832.